The standard InChI is InChI=1S/C19H22FNO3/c1-14(13-24-17-10-8-16(23-2)9-11-17)21-19(22)12-7-15-5-3-4-6-18(15)20/h3-6,8-11,14H,7,12-13H2,1-2H3,(H,21,22). The fourth-order valence-corrected chi connectivity index (χ4v) is 2.23. The minimum atomic E-state index is -0.277. The summed E-state index contributed by atoms with van der Waals surface area (Å²) in [5.41, 5.74) is 0.551. The van der Waals surface area contributed by atoms with Gasteiger partial charge < -0.3 is 14.8 Å². The van der Waals surface area contributed by atoms with Crippen LogP contribution >= 0.6 is 0 Å². The second-order valence-corrected chi connectivity index (χ2v) is 5.55. The van der Waals surface area contributed by atoms with E-state index < -0.39 is 0 Å². The number of carbonyl (C=O) groups is 1. The van der Waals surface area contributed by atoms with Gasteiger partial charge in [0.2, 0.25) is 5.91 Å². The zero-order chi connectivity index (χ0) is 17.4. The van der Waals surface area contributed by atoms with Gasteiger partial charge in [-0.25, -0.2) is 4.39 Å². The van der Waals surface area contributed by atoms with Crippen LogP contribution in [-0.2, 0) is 11.2 Å². The Morgan fingerprint density at radius 1 is 1.12 bits per heavy atom. The van der Waals surface area contributed by atoms with Crippen LogP contribution in [-0.4, -0.2) is 25.7 Å². The molecular weight excluding hydrogens is 309 g/mol. The zero-order valence-electron chi connectivity index (χ0n) is 13.9. The van der Waals surface area contributed by atoms with Crippen molar-refractivity contribution >= 4 is 5.91 Å². The molecule has 0 saturated heterocycles. The van der Waals surface area contributed by atoms with Crippen molar-refractivity contribution in [2.24, 2.45) is 0 Å². The van der Waals surface area contributed by atoms with Crippen molar-refractivity contribution in [3.05, 3.63) is 59.9 Å². The lowest BCUT2D eigenvalue weighted by Crippen LogP contribution is -2.36. The second kappa shape index (κ2) is 8.91. The molecule has 0 aliphatic heterocycles. The van der Waals surface area contributed by atoms with E-state index in [1.807, 2.05) is 31.2 Å². The largest absolute Gasteiger partial charge is 0.497 e. The number of hydrogen-bond acceptors (Lipinski definition) is 3. The first kappa shape index (κ1) is 17.8. The Kier molecular flexibility index (Phi) is 6.61. The SMILES string of the molecule is COc1ccc(OCC(C)NC(=O)CCc2ccccc2F)cc1. The lowest BCUT2D eigenvalue weighted by atomic mass is 10.1. The van der Waals surface area contributed by atoms with E-state index in [1.54, 1.807) is 25.3 Å². The Balaban J connectivity index is 1.72. The smallest absolute Gasteiger partial charge is 0.220 e. The van der Waals surface area contributed by atoms with Crippen molar-refractivity contribution in [2.45, 2.75) is 25.8 Å². The molecule has 24 heavy (non-hydrogen) atoms. The van der Waals surface area contributed by atoms with Gasteiger partial charge in [0.15, 0.2) is 0 Å². The first-order valence-electron chi connectivity index (χ1n) is 7.88. The van der Waals surface area contributed by atoms with Gasteiger partial charge in [-0.15, -0.1) is 0 Å². The number of carbonyl (C=O) groups excluding carboxylic acids is 1. The number of rotatable bonds is 8. The third-order valence-electron chi connectivity index (χ3n) is 3.55. The van der Waals surface area contributed by atoms with Crippen LogP contribution in [0.2, 0.25) is 0 Å². The van der Waals surface area contributed by atoms with E-state index in [2.05, 4.69) is 5.32 Å². The third-order valence-corrected chi connectivity index (χ3v) is 3.55. The summed E-state index contributed by atoms with van der Waals surface area (Å²) in [6, 6.07) is 13.6. The number of nitrogens with one attached hydrogen (secondary N) is 1. The van der Waals surface area contributed by atoms with Crippen LogP contribution in [0.4, 0.5) is 4.39 Å². The predicted octanol–water partition coefficient (Wildman–Crippen LogP) is 3.35. The first-order chi connectivity index (χ1) is 11.6. The predicted molar refractivity (Wildman–Crippen MR) is 90.8 cm³/mol. The number of ether oxygens (including phenoxy) is 2. The molecule has 1 amide bonds. The van der Waals surface area contributed by atoms with Gasteiger partial charge in [-0.1, -0.05) is 18.2 Å². The maximum atomic E-state index is 13.5. The van der Waals surface area contributed by atoms with Crippen LogP contribution < -0.4 is 14.8 Å². The van der Waals surface area contributed by atoms with Crippen LogP contribution in [0.3, 0.4) is 0 Å². The van der Waals surface area contributed by atoms with Crippen LogP contribution in [0.25, 0.3) is 0 Å². The Bertz CT molecular complexity index is 658. The van der Waals surface area contributed by atoms with Gasteiger partial charge in [0, 0.05) is 6.42 Å². The van der Waals surface area contributed by atoms with Gasteiger partial charge in [0.25, 0.3) is 0 Å². The highest BCUT2D eigenvalue weighted by Crippen LogP contribution is 2.17. The van der Waals surface area contributed by atoms with Crippen molar-refractivity contribution in [3.63, 3.8) is 0 Å². The van der Waals surface area contributed by atoms with Gasteiger partial charge in [-0.2, -0.15) is 0 Å². The average molecular weight is 331 g/mol. The Hall–Kier alpha value is -2.56. The third kappa shape index (κ3) is 5.57. The number of methoxy groups -OCH3 is 1. The molecule has 128 valence electrons. The van der Waals surface area contributed by atoms with Crippen molar-refractivity contribution < 1.29 is 18.7 Å². The topological polar surface area (TPSA) is 47.6 Å². The van der Waals surface area contributed by atoms with Crippen LogP contribution in [0, 0.1) is 5.82 Å². The summed E-state index contributed by atoms with van der Waals surface area (Å²) in [6.45, 7) is 2.22. The highest BCUT2D eigenvalue weighted by molar-refractivity contribution is 5.76. The van der Waals surface area contributed by atoms with E-state index in [1.165, 1.54) is 6.07 Å². The molecule has 0 aliphatic rings. The molecule has 5 heteroatoms. The molecule has 2 rings (SSSR count). The van der Waals surface area contributed by atoms with Crippen molar-refractivity contribution in [1.82, 2.24) is 5.32 Å². The Labute approximate surface area is 141 Å². The summed E-state index contributed by atoms with van der Waals surface area (Å²) in [5, 5.41) is 2.85. The molecule has 0 aromatic heterocycles. The molecule has 0 saturated carbocycles. The van der Waals surface area contributed by atoms with Crippen LogP contribution in [0.1, 0.15) is 18.9 Å². The van der Waals surface area contributed by atoms with Gasteiger partial charge in [-0.05, 0) is 49.2 Å². The number of aryl methyl sites for hydroxylation is 1. The summed E-state index contributed by atoms with van der Waals surface area (Å²) in [7, 11) is 1.61. The average Bonchev–Trinajstić information content (AvgIpc) is 2.59. The second-order valence-electron chi connectivity index (χ2n) is 5.55. The Morgan fingerprint density at radius 3 is 2.46 bits per heavy atom. The highest BCUT2D eigenvalue weighted by atomic mass is 19.1. The van der Waals surface area contributed by atoms with Crippen molar-refractivity contribution in [1.29, 1.82) is 0 Å². The zero-order valence-corrected chi connectivity index (χ0v) is 13.9. The molecule has 0 heterocycles. The minimum absolute atomic E-state index is 0.121. The van der Waals surface area contributed by atoms with E-state index in [4.69, 9.17) is 9.47 Å². The monoisotopic (exact) mass is 331 g/mol. The molecule has 1 unspecified atom stereocenters. The molecule has 0 spiro atoms. The molecule has 0 fully saturated rings. The van der Waals surface area contributed by atoms with Gasteiger partial charge >= 0.3 is 0 Å². The number of hydrogen-bond donors (Lipinski definition) is 1. The minimum Gasteiger partial charge on any atom is -0.497 e. The molecule has 1 N–H and O–H groups in total. The molecular formula is C19H22FNO3. The van der Waals surface area contributed by atoms with E-state index >= 15 is 0 Å². The van der Waals surface area contributed by atoms with Gasteiger partial charge in [-0.3, -0.25) is 4.79 Å². The van der Waals surface area contributed by atoms with Crippen LogP contribution in [0.15, 0.2) is 48.5 Å². The summed E-state index contributed by atoms with van der Waals surface area (Å²) in [4.78, 5) is 11.9. The summed E-state index contributed by atoms with van der Waals surface area (Å²) < 4.78 is 24.2. The fraction of sp³-hybridized carbons (Fsp3) is 0.316. The van der Waals surface area contributed by atoms with Crippen molar-refractivity contribution in [3.8, 4) is 11.5 Å². The van der Waals surface area contributed by atoms with E-state index in [0.717, 1.165) is 5.75 Å². The van der Waals surface area contributed by atoms with Gasteiger partial charge in [0.1, 0.15) is 23.9 Å². The lowest BCUT2D eigenvalue weighted by molar-refractivity contribution is -0.121. The maximum absolute atomic E-state index is 13.5. The quantitative estimate of drug-likeness (QED) is 0.807. The molecule has 2 aromatic carbocycles. The number of amides is 1. The molecule has 0 aliphatic carbocycles. The Morgan fingerprint density at radius 2 is 1.79 bits per heavy atom. The fourth-order valence-electron chi connectivity index (χ4n) is 2.23. The maximum Gasteiger partial charge on any atom is 0.220 e. The van der Waals surface area contributed by atoms with Gasteiger partial charge in [0.05, 0.1) is 13.2 Å². The van der Waals surface area contributed by atoms with E-state index in [0.29, 0.717) is 24.3 Å². The molecule has 2 aromatic rings. The van der Waals surface area contributed by atoms with Crippen LogP contribution in [0.5, 0.6) is 11.5 Å². The summed E-state index contributed by atoms with van der Waals surface area (Å²) >= 11 is 0. The molecule has 0 radical (unpaired) electrons. The molecule has 0 bridgehead atoms. The van der Waals surface area contributed by atoms with Crippen molar-refractivity contribution in [2.75, 3.05) is 13.7 Å². The lowest BCUT2D eigenvalue weighted by Gasteiger charge is -2.15. The van der Waals surface area contributed by atoms with E-state index in [9.17, 15) is 9.18 Å². The summed E-state index contributed by atoms with van der Waals surface area (Å²) in [5.74, 6) is 1.07. The number of benzene rings is 2. The first-order valence-corrected chi connectivity index (χ1v) is 7.88. The summed E-state index contributed by atoms with van der Waals surface area (Å²) in [6.07, 6.45) is 0.623. The highest BCUT2D eigenvalue weighted by Gasteiger charge is 2.10. The molecule has 1 atom stereocenters. The molecule has 4 nitrogen and oxygen atoms in total. The normalized spacial score (nSPS) is 11.6. The van der Waals surface area contributed by atoms with E-state index in [-0.39, 0.29) is 24.2 Å². The number of halogens is 1.